The number of Topliss-reactive ketones (excluding diaryl/α,β-unsaturated/α-hetero) is 1. The first-order valence-electron chi connectivity index (χ1n) is 21.6. The number of hydrogen-bond acceptors (Lipinski definition) is 17. The molecule has 3 fully saturated rings. The number of ketones is 1. The number of aliphatic imine (C=N–C) groups is 1. The molecule has 19 heteroatoms. The number of ether oxygens (including phenoxy) is 5. The maximum Gasteiger partial charge on any atom is 0.351 e. The fourth-order valence-electron chi connectivity index (χ4n) is 8.90. The van der Waals surface area contributed by atoms with Crippen LogP contribution in [0.4, 0.5) is 10.2 Å². The molecule has 3 aliphatic heterocycles. The molecule has 2 bridgehead atoms. The number of aliphatic hydroxyl groups excluding tert-OH is 1. The number of nitrogen functional groups attached to an aromatic ring is 1. The van der Waals surface area contributed by atoms with Gasteiger partial charge < -0.3 is 49.4 Å². The molecule has 63 heavy (non-hydrogen) atoms. The average molecular weight is 905 g/mol. The van der Waals surface area contributed by atoms with E-state index in [0.717, 1.165) is 12.5 Å². The zero-order chi connectivity index (χ0) is 46.6. The Hall–Kier alpha value is -3.82. The molecule has 0 aromatic carbocycles. The summed E-state index contributed by atoms with van der Waals surface area (Å²) < 4.78 is 48.9. The quantitative estimate of drug-likeness (QED) is 0.176. The Morgan fingerprint density at radius 1 is 1.11 bits per heavy atom. The molecule has 2 aromatic heterocycles. The molecule has 1 amide bonds. The van der Waals surface area contributed by atoms with Gasteiger partial charge in [-0.2, -0.15) is 0 Å². The minimum absolute atomic E-state index is 0.000396. The van der Waals surface area contributed by atoms with Gasteiger partial charge in [-0.05, 0) is 79.1 Å². The van der Waals surface area contributed by atoms with Crippen LogP contribution in [-0.4, -0.2) is 141 Å². The van der Waals surface area contributed by atoms with E-state index in [0.29, 0.717) is 28.7 Å². The van der Waals surface area contributed by atoms with Crippen LogP contribution in [0.1, 0.15) is 93.7 Å². The molecule has 13 atom stereocenters. The highest BCUT2D eigenvalue weighted by Gasteiger charge is 2.56. The monoisotopic (exact) mass is 904 g/mol. The Labute approximate surface area is 372 Å². The lowest BCUT2D eigenvalue weighted by molar-refractivity contribution is -0.296. The van der Waals surface area contributed by atoms with Gasteiger partial charge in [-0.1, -0.05) is 39.8 Å². The van der Waals surface area contributed by atoms with Crippen LogP contribution >= 0.6 is 11.3 Å². The number of fused-ring (bicyclic) bond motifs is 5. The Morgan fingerprint density at radius 2 is 1.83 bits per heavy atom. The number of cyclic esters (lactones) is 1. The van der Waals surface area contributed by atoms with Gasteiger partial charge in [-0.3, -0.25) is 14.6 Å². The van der Waals surface area contributed by atoms with Gasteiger partial charge in [-0.25, -0.2) is 19.2 Å². The lowest BCUT2D eigenvalue weighted by atomic mass is 9.73. The number of esters is 1. The van der Waals surface area contributed by atoms with Crippen LogP contribution in [0.3, 0.4) is 0 Å². The molecule has 0 saturated carbocycles. The van der Waals surface area contributed by atoms with Crippen molar-refractivity contribution in [1.29, 1.82) is 0 Å². The molecule has 17 nitrogen and oxygen atoms in total. The number of amides is 1. The number of aromatic nitrogens is 2. The van der Waals surface area contributed by atoms with Crippen LogP contribution in [0.5, 0.6) is 0 Å². The second-order valence-electron chi connectivity index (χ2n) is 17.9. The molecular weight excluding hydrogens is 840 g/mol. The zero-order valence-corrected chi connectivity index (χ0v) is 39.0. The third-order valence-corrected chi connectivity index (χ3v) is 13.3. The van der Waals surface area contributed by atoms with Gasteiger partial charge in [0.05, 0.1) is 42.8 Å². The third kappa shape index (κ3) is 11.4. The molecule has 0 aliphatic carbocycles. The maximum atomic E-state index is 17.0. The highest BCUT2D eigenvalue weighted by molar-refractivity contribution is 7.13. The van der Waals surface area contributed by atoms with Crippen LogP contribution in [0.15, 0.2) is 33.9 Å². The lowest BCUT2D eigenvalue weighted by Gasteiger charge is -2.47. The first-order chi connectivity index (χ1) is 29.5. The summed E-state index contributed by atoms with van der Waals surface area (Å²) >= 11 is 1.39. The van der Waals surface area contributed by atoms with E-state index in [-0.39, 0.29) is 44.8 Å². The van der Waals surface area contributed by atoms with Gasteiger partial charge in [0.1, 0.15) is 34.3 Å². The topological polar surface area (TPSA) is 227 Å². The van der Waals surface area contributed by atoms with Crippen molar-refractivity contribution in [2.45, 2.75) is 154 Å². The van der Waals surface area contributed by atoms with Crippen LogP contribution in [0.2, 0.25) is 0 Å². The van der Waals surface area contributed by atoms with Crippen molar-refractivity contribution in [3.8, 4) is 10.6 Å². The van der Waals surface area contributed by atoms with Crippen LogP contribution in [0, 0.1) is 17.8 Å². The smallest absolute Gasteiger partial charge is 0.351 e. The van der Waals surface area contributed by atoms with E-state index in [1.54, 1.807) is 45.3 Å². The highest BCUT2D eigenvalue weighted by atomic mass is 32.1. The first kappa shape index (κ1) is 50.2. The van der Waals surface area contributed by atoms with E-state index in [1.807, 2.05) is 38.9 Å². The number of oxime groups is 1. The third-order valence-electron chi connectivity index (χ3n) is 12.4. The van der Waals surface area contributed by atoms with Crippen molar-refractivity contribution < 1.29 is 57.5 Å². The van der Waals surface area contributed by atoms with Gasteiger partial charge in [0.25, 0.3) is 5.67 Å². The number of thiazole rings is 1. The minimum Gasteiger partial charge on any atom is -0.457 e. The number of anilines is 1. The Kier molecular flexibility index (Phi) is 16.4. The lowest BCUT2D eigenvalue weighted by Crippen LogP contribution is -2.61. The molecule has 0 spiro atoms. The Balaban J connectivity index is 1.66. The van der Waals surface area contributed by atoms with Crippen LogP contribution < -0.4 is 5.73 Å². The molecular formula is C44H65FN6O11S. The molecule has 0 unspecified atom stereocenters. The predicted octanol–water partition coefficient (Wildman–Crippen LogP) is 4.70. The summed E-state index contributed by atoms with van der Waals surface area (Å²) in [6, 6.07) is 3.19. The summed E-state index contributed by atoms with van der Waals surface area (Å²) in [5.41, 5.74) is 0.782. The van der Waals surface area contributed by atoms with Gasteiger partial charge in [-0.15, -0.1) is 11.3 Å². The van der Waals surface area contributed by atoms with E-state index in [1.165, 1.54) is 25.2 Å². The fourth-order valence-corrected chi connectivity index (χ4v) is 9.60. The number of alkyl halides is 1. The average Bonchev–Trinajstić information content (AvgIpc) is 3.67. The number of pyridine rings is 1. The minimum atomic E-state index is -3.23. The fraction of sp³-hybridized carbons (Fsp3) is 0.705. The van der Waals surface area contributed by atoms with E-state index >= 15 is 4.39 Å². The van der Waals surface area contributed by atoms with Crippen molar-refractivity contribution in [2.75, 3.05) is 33.0 Å². The number of likely N-dealkylation sites (N-methyl/N-ethyl adjacent to an activating group) is 1. The van der Waals surface area contributed by atoms with E-state index in [9.17, 15) is 24.6 Å². The SMILES string of the molecule is CCC(=O)/N=C1\[C@H](C)C[C@@]2(C)OCC(=NOCc3ccc(-c4nc(N)cs4)cn3)CO[C@H]([C@H]1C)[C@](C)(O)[C@@H](CC)OC(=O)[C@@](C)(F)C(=O)[C@H](C)[C@H]2O[C@@H]1O[C@H](C)C[C@H](N(C)C)[C@H]1O. The molecule has 3 saturated heterocycles. The van der Waals surface area contributed by atoms with E-state index in [2.05, 4.69) is 20.1 Å². The van der Waals surface area contributed by atoms with E-state index < -0.39 is 95.1 Å². The molecule has 0 radical (unpaired) electrons. The number of rotatable bonds is 9. The second kappa shape index (κ2) is 20.6. The summed E-state index contributed by atoms with van der Waals surface area (Å²) in [6.45, 7) is 13.4. The Morgan fingerprint density at radius 3 is 2.43 bits per heavy atom. The molecule has 5 rings (SSSR count). The number of hydrogen-bond donors (Lipinski definition) is 3. The van der Waals surface area contributed by atoms with Gasteiger partial charge in [0.2, 0.25) is 5.91 Å². The number of halogens is 1. The Bertz CT molecular complexity index is 1980. The number of nitrogens with zero attached hydrogens (tertiary/aromatic N) is 5. The number of carbonyl (C=O) groups is 3. The van der Waals surface area contributed by atoms with Crippen molar-refractivity contribution in [3.63, 3.8) is 0 Å². The van der Waals surface area contributed by atoms with Crippen molar-refractivity contribution in [3.05, 3.63) is 29.4 Å². The highest BCUT2D eigenvalue weighted by Crippen LogP contribution is 2.41. The second-order valence-corrected chi connectivity index (χ2v) is 18.7. The van der Waals surface area contributed by atoms with Gasteiger partial charge in [0, 0.05) is 47.2 Å². The van der Waals surface area contributed by atoms with Crippen molar-refractivity contribution >= 4 is 46.2 Å². The maximum absolute atomic E-state index is 17.0. The molecule has 4 N–H and O–H groups in total. The molecule has 5 heterocycles. The van der Waals surface area contributed by atoms with Crippen molar-refractivity contribution in [2.24, 2.45) is 27.9 Å². The summed E-state index contributed by atoms with van der Waals surface area (Å²) in [5, 5.41) is 31.0. The van der Waals surface area contributed by atoms with Crippen molar-refractivity contribution in [1.82, 2.24) is 14.9 Å². The van der Waals surface area contributed by atoms with Crippen LogP contribution in [0.25, 0.3) is 10.6 Å². The summed E-state index contributed by atoms with van der Waals surface area (Å²) in [4.78, 5) is 62.6. The van der Waals surface area contributed by atoms with Crippen LogP contribution in [-0.2, 0) is 49.5 Å². The largest absolute Gasteiger partial charge is 0.457 e. The van der Waals surface area contributed by atoms with Gasteiger partial charge >= 0.3 is 5.97 Å². The standard InChI is InChI=1S/C44H65FN6O11S/c1-12-31-44(9,56)38-25(5)34(49-33(52)13-2)23(3)17-42(7,58-20-29(19-57-38)50-59-21-28-15-14-27(18-47-28)39-48-32(46)22-63-39)37(26(6)36(54)43(8,45)41(55)61-31)62-40-35(53)30(51(10)11)16-24(4)60-40/h14-15,18,22-26,30-31,35,37-38,40,53,56H,12-13,16-17,19-21,46H2,1-11H3/b49-34+,50-29?/t23-,24-,25+,26+,30+,31-,35-,37-,38-,40+,42-,43+,44-/m1/s1. The zero-order valence-electron chi connectivity index (χ0n) is 38.2. The normalized spacial score (nSPS) is 37.6. The summed E-state index contributed by atoms with van der Waals surface area (Å²) in [5.74, 6) is -5.63. The number of carbonyl (C=O) groups excluding carboxylic acids is 3. The summed E-state index contributed by atoms with van der Waals surface area (Å²) in [6.07, 6.45) is -4.82. The number of aliphatic hydroxyl groups is 2. The summed E-state index contributed by atoms with van der Waals surface area (Å²) in [7, 11) is 3.63. The van der Waals surface area contributed by atoms with Gasteiger partial charge in [0.15, 0.2) is 18.7 Å². The molecule has 350 valence electrons. The number of nitrogens with two attached hydrogens (primary N) is 1. The molecule has 2 aromatic rings. The predicted molar refractivity (Wildman–Crippen MR) is 234 cm³/mol. The van der Waals surface area contributed by atoms with E-state index in [4.69, 9.17) is 34.3 Å². The molecule has 3 aliphatic rings. The first-order valence-corrected chi connectivity index (χ1v) is 22.4.